The molecule has 1 aliphatic carbocycles. The molecule has 10 heteroatoms. The third-order valence-corrected chi connectivity index (χ3v) is 6.60. The summed E-state index contributed by atoms with van der Waals surface area (Å²) in [6.45, 7) is 5.67. The highest BCUT2D eigenvalue weighted by atomic mass is 16.5. The molecule has 2 aromatic heterocycles. The Morgan fingerprint density at radius 1 is 1.03 bits per heavy atom. The molecule has 1 saturated heterocycles. The van der Waals surface area contributed by atoms with Gasteiger partial charge in [0.1, 0.15) is 11.3 Å². The first-order valence-electron chi connectivity index (χ1n) is 11.5. The van der Waals surface area contributed by atoms with Crippen LogP contribution in [0.3, 0.4) is 0 Å². The molecule has 3 aromatic rings. The normalized spacial score (nSPS) is 22.6. The van der Waals surface area contributed by atoms with Gasteiger partial charge in [-0.05, 0) is 26.7 Å². The van der Waals surface area contributed by atoms with Crippen LogP contribution in [-0.4, -0.2) is 64.4 Å². The maximum Gasteiger partial charge on any atom is 0.257 e. The zero-order chi connectivity index (χ0) is 23.7. The van der Waals surface area contributed by atoms with E-state index in [0.717, 1.165) is 5.56 Å². The highest BCUT2D eigenvalue weighted by molar-refractivity contribution is 5.96. The fourth-order valence-electron chi connectivity index (χ4n) is 4.85. The number of aromatic nitrogens is 3. The van der Waals surface area contributed by atoms with Crippen molar-refractivity contribution < 1.29 is 23.4 Å². The zero-order valence-corrected chi connectivity index (χ0v) is 19.2. The zero-order valence-electron chi connectivity index (χ0n) is 19.2. The maximum absolute atomic E-state index is 13.2. The molecule has 1 saturated carbocycles. The first-order valence-corrected chi connectivity index (χ1v) is 11.5. The molecule has 3 atom stereocenters. The SMILES string of the molecule is Cc1noc(C)c1C(=O)N[C@H]1C[C@H](C(=O)N2CCOCC2)C[C@H]1c1nc(-c2ccccc2)no1. The standard InChI is InChI=1S/C24H27N5O5/c1-14-20(15(2)33-27-14)22(30)25-19-13-17(24(31)29-8-10-32-11-9-29)12-18(19)23-26-21(28-34-23)16-6-4-3-5-7-16/h3-7,17-19H,8-13H2,1-2H3,(H,25,30)/t17-,18-,19+/m1/s1. The lowest BCUT2D eigenvalue weighted by molar-refractivity contribution is -0.139. The fourth-order valence-corrected chi connectivity index (χ4v) is 4.85. The summed E-state index contributed by atoms with van der Waals surface area (Å²) >= 11 is 0. The number of hydrogen-bond acceptors (Lipinski definition) is 8. The molecular formula is C24H27N5O5. The number of morpholine rings is 1. The molecule has 0 radical (unpaired) electrons. The minimum atomic E-state index is -0.347. The number of ether oxygens (including phenoxy) is 1. The van der Waals surface area contributed by atoms with Gasteiger partial charge >= 0.3 is 0 Å². The first kappa shape index (κ1) is 22.3. The second-order valence-corrected chi connectivity index (χ2v) is 8.81. The Hall–Kier alpha value is -3.53. The van der Waals surface area contributed by atoms with Crippen LogP contribution in [0.5, 0.6) is 0 Å². The van der Waals surface area contributed by atoms with Crippen molar-refractivity contribution in [1.82, 2.24) is 25.5 Å². The molecule has 0 spiro atoms. The smallest absolute Gasteiger partial charge is 0.257 e. The third-order valence-electron chi connectivity index (χ3n) is 6.60. The average Bonchev–Trinajstić information content (AvgIpc) is 3.58. The summed E-state index contributed by atoms with van der Waals surface area (Å²) in [7, 11) is 0. The fraction of sp³-hybridized carbons (Fsp3) is 0.458. The van der Waals surface area contributed by atoms with Crippen LogP contribution < -0.4 is 5.32 Å². The third kappa shape index (κ3) is 4.33. The van der Waals surface area contributed by atoms with Crippen LogP contribution in [0.4, 0.5) is 0 Å². The van der Waals surface area contributed by atoms with Crippen molar-refractivity contribution in [2.75, 3.05) is 26.3 Å². The molecule has 2 fully saturated rings. The van der Waals surface area contributed by atoms with Gasteiger partial charge in [0.2, 0.25) is 17.6 Å². The lowest BCUT2D eigenvalue weighted by Crippen LogP contribution is -2.43. The van der Waals surface area contributed by atoms with Gasteiger partial charge in [0.05, 0.1) is 24.8 Å². The molecule has 10 nitrogen and oxygen atoms in total. The molecule has 0 bridgehead atoms. The van der Waals surface area contributed by atoms with E-state index in [1.54, 1.807) is 13.8 Å². The van der Waals surface area contributed by atoms with Gasteiger partial charge in [-0.15, -0.1) is 0 Å². The Balaban J connectivity index is 1.40. The Morgan fingerprint density at radius 3 is 2.50 bits per heavy atom. The molecule has 2 amide bonds. The molecule has 1 N–H and O–H groups in total. The second kappa shape index (κ2) is 9.38. The molecular weight excluding hydrogens is 438 g/mol. The summed E-state index contributed by atoms with van der Waals surface area (Å²) < 4.78 is 16.2. The molecule has 34 heavy (non-hydrogen) atoms. The number of aryl methyl sites for hydroxylation is 2. The highest BCUT2D eigenvalue weighted by Gasteiger charge is 2.44. The summed E-state index contributed by atoms with van der Waals surface area (Å²) in [6, 6.07) is 9.20. The van der Waals surface area contributed by atoms with Gasteiger partial charge in [-0.25, -0.2) is 0 Å². The quantitative estimate of drug-likeness (QED) is 0.610. The summed E-state index contributed by atoms with van der Waals surface area (Å²) in [4.78, 5) is 32.8. The Labute approximate surface area is 196 Å². The van der Waals surface area contributed by atoms with Gasteiger partial charge in [-0.3, -0.25) is 9.59 Å². The molecule has 178 valence electrons. The van der Waals surface area contributed by atoms with Crippen molar-refractivity contribution >= 4 is 11.8 Å². The number of carbonyl (C=O) groups excluding carboxylic acids is 2. The van der Waals surface area contributed by atoms with Crippen molar-refractivity contribution in [1.29, 1.82) is 0 Å². The monoisotopic (exact) mass is 465 g/mol. The van der Waals surface area contributed by atoms with Crippen LogP contribution in [0.15, 0.2) is 39.4 Å². The summed E-state index contributed by atoms with van der Waals surface area (Å²) in [6.07, 6.45) is 0.998. The van der Waals surface area contributed by atoms with Gasteiger partial charge in [0.25, 0.3) is 5.91 Å². The summed E-state index contributed by atoms with van der Waals surface area (Å²) in [5, 5.41) is 11.1. The number of nitrogens with zero attached hydrogens (tertiary/aromatic N) is 4. The average molecular weight is 466 g/mol. The van der Waals surface area contributed by atoms with E-state index in [4.69, 9.17) is 13.8 Å². The lowest BCUT2D eigenvalue weighted by atomic mass is 10.0. The van der Waals surface area contributed by atoms with Crippen molar-refractivity contribution in [3.63, 3.8) is 0 Å². The van der Waals surface area contributed by atoms with Gasteiger partial charge in [-0.2, -0.15) is 4.98 Å². The summed E-state index contributed by atoms with van der Waals surface area (Å²) in [5.74, 6) is 0.595. The largest absolute Gasteiger partial charge is 0.378 e. The minimum Gasteiger partial charge on any atom is -0.378 e. The highest BCUT2D eigenvalue weighted by Crippen LogP contribution is 2.40. The van der Waals surface area contributed by atoms with E-state index >= 15 is 0 Å². The van der Waals surface area contributed by atoms with Crippen LogP contribution in [0, 0.1) is 19.8 Å². The van der Waals surface area contributed by atoms with E-state index in [1.165, 1.54) is 0 Å². The van der Waals surface area contributed by atoms with Gasteiger partial charge in [-0.1, -0.05) is 40.6 Å². The molecule has 1 aromatic carbocycles. The van der Waals surface area contributed by atoms with Gasteiger partial charge in [0, 0.05) is 30.6 Å². The number of benzene rings is 1. The Bertz CT molecular complexity index is 1150. The van der Waals surface area contributed by atoms with Gasteiger partial charge < -0.3 is 24.0 Å². The number of rotatable bonds is 5. The van der Waals surface area contributed by atoms with Gasteiger partial charge in [0.15, 0.2) is 0 Å². The predicted octanol–water partition coefficient (Wildman–Crippen LogP) is 2.49. The van der Waals surface area contributed by atoms with Crippen LogP contribution >= 0.6 is 0 Å². The van der Waals surface area contributed by atoms with E-state index < -0.39 is 0 Å². The number of hydrogen-bond donors (Lipinski definition) is 1. The van der Waals surface area contributed by atoms with E-state index in [1.807, 2.05) is 35.2 Å². The van der Waals surface area contributed by atoms with Crippen molar-refractivity contribution in [2.24, 2.45) is 5.92 Å². The second-order valence-electron chi connectivity index (χ2n) is 8.81. The molecule has 3 heterocycles. The number of nitrogens with one attached hydrogen (secondary N) is 1. The van der Waals surface area contributed by atoms with Crippen molar-refractivity contribution in [3.8, 4) is 11.4 Å². The summed E-state index contributed by atoms with van der Waals surface area (Å²) in [5.41, 5.74) is 1.78. The van der Waals surface area contributed by atoms with E-state index in [0.29, 0.717) is 67.9 Å². The Kier molecular flexibility index (Phi) is 6.14. The van der Waals surface area contributed by atoms with E-state index in [9.17, 15) is 9.59 Å². The Morgan fingerprint density at radius 2 is 1.79 bits per heavy atom. The lowest BCUT2D eigenvalue weighted by Gasteiger charge is -2.29. The van der Waals surface area contributed by atoms with Crippen LogP contribution in [0.25, 0.3) is 11.4 Å². The number of carbonyl (C=O) groups is 2. The number of amides is 2. The van der Waals surface area contributed by atoms with Crippen LogP contribution in [0.2, 0.25) is 0 Å². The van der Waals surface area contributed by atoms with Crippen LogP contribution in [0.1, 0.15) is 46.5 Å². The van der Waals surface area contributed by atoms with Crippen molar-refractivity contribution in [3.05, 3.63) is 53.2 Å². The van der Waals surface area contributed by atoms with Crippen LogP contribution in [-0.2, 0) is 9.53 Å². The molecule has 1 aliphatic heterocycles. The first-order chi connectivity index (χ1) is 16.5. The topological polar surface area (TPSA) is 124 Å². The molecule has 0 unspecified atom stereocenters. The van der Waals surface area contributed by atoms with E-state index in [2.05, 4.69) is 20.6 Å². The van der Waals surface area contributed by atoms with E-state index in [-0.39, 0.29) is 29.7 Å². The molecule has 2 aliphatic rings. The predicted molar refractivity (Wildman–Crippen MR) is 120 cm³/mol. The molecule has 5 rings (SSSR count). The minimum absolute atomic E-state index is 0.0742. The van der Waals surface area contributed by atoms with Crippen molar-refractivity contribution in [2.45, 2.75) is 38.6 Å². The maximum atomic E-state index is 13.2.